The third kappa shape index (κ3) is 3.11. The molecule has 1 fully saturated rings. The van der Waals surface area contributed by atoms with E-state index in [0.717, 1.165) is 5.56 Å². The number of carbonyl (C=O) groups is 1. The molecular weight excluding hydrogens is 264 g/mol. The maximum Gasteiger partial charge on any atom is 0.387 e. The van der Waals surface area contributed by atoms with Gasteiger partial charge in [0.1, 0.15) is 11.8 Å². The quantitative estimate of drug-likeness (QED) is 0.881. The number of thioether (sulfide) groups is 1. The fourth-order valence-electron chi connectivity index (χ4n) is 1.63. The molecule has 4 nitrogen and oxygen atoms in total. The first-order chi connectivity index (χ1) is 8.56. The number of rotatable bonds is 4. The molecule has 1 aliphatic rings. The summed E-state index contributed by atoms with van der Waals surface area (Å²) in [7, 11) is 0. The first-order valence-electron chi connectivity index (χ1n) is 5.21. The molecule has 18 heavy (non-hydrogen) atoms. The van der Waals surface area contributed by atoms with Crippen molar-refractivity contribution in [2.45, 2.75) is 18.0 Å². The molecule has 98 valence electrons. The van der Waals surface area contributed by atoms with Crippen molar-refractivity contribution in [3.05, 3.63) is 29.8 Å². The monoisotopic (exact) mass is 275 g/mol. The second-order valence-corrected chi connectivity index (χ2v) is 4.86. The van der Waals surface area contributed by atoms with E-state index in [-0.39, 0.29) is 11.1 Å². The van der Waals surface area contributed by atoms with E-state index in [9.17, 15) is 13.6 Å². The summed E-state index contributed by atoms with van der Waals surface area (Å²) in [6, 6.07) is 5.60. The molecule has 0 aliphatic carbocycles. The van der Waals surface area contributed by atoms with Gasteiger partial charge in [-0.3, -0.25) is 10.1 Å². The van der Waals surface area contributed by atoms with Crippen LogP contribution in [0.15, 0.2) is 24.3 Å². The van der Waals surface area contributed by atoms with Gasteiger partial charge in [-0.2, -0.15) is 8.78 Å². The lowest BCUT2D eigenvalue weighted by atomic mass is 10.2. The largest absolute Gasteiger partial charge is 0.480 e. The summed E-state index contributed by atoms with van der Waals surface area (Å²) in [5.41, 5.74) is 0.838. The molecule has 2 atom stereocenters. The molecule has 2 N–H and O–H groups in total. The number of halogens is 2. The molecule has 2 rings (SSSR count). The van der Waals surface area contributed by atoms with Crippen molar-refractivity contribution in [2.24, 2.45) is 0 Å². The molecule has 1 aliphatic heterocycles. The summed E-state index contributed by atoms with van der Waals surface area (Å²) in [6.07, 6.45) is 0. The van der Waals surface area contributed by atoms with E-state index >= 15 is 0 Å². The standard InChI is InChI=1S/C11H11F2NO3S/c12-11(13)17-7-3-1-6(2-4-7)9-14-8(5-18-9)10(15)16/h1-4,8-9,11,14H,5H2,(H,15,16). The van der Waals surface area contributed by atoms with Crippen LogP contribution >= 0.6 is 11.8 Å². The molecule has 1 heterocycles. The Hall–Kier alpha value is -1.34. The lowest BCUT2D eigenvalue weighted by molar-refractivity contribution is -0.138. The Morgan fingerprint density at radius 1 is 1.44 bits per heavy atom. The Morgan fingerprint density at radius 3 is 2.61 bits per heavy atom. The van der Waals surface area contributed by atoms with Crippen LogP contribution in [-0.4, -0.2) is 29.5 Å². The van der Waals surface area contributed by atoms with Gasteiger partial charge in [-0.1, -0.05) is 12.1 Å². The predicted molar refractivity (Wildman–Crippen MR) is 62.8 cm³/mol. The molecule has 1 saturated heterocycles. The molecule has 0 amide bonds. The van der Waals surface area contributed by atoms with Gasteiger partial charge in [-0.25, -0.2) is 0 Å². The number of hydrogen-bond acceptors (Lipinski definition) is 4. The van der Waals surface area contributed by atoms with Gasteiger partial charge in [0.25, 0.3) is 0 Å². The lowest BCUT2D eigenvalue weighted by Gasteiger charge is -2.12. The predicted octanol–water partition coefficient (Wildman–Crippen LogP) is 2.08. The number of alkyl halides is 2. The Kier molecular flexibility index (Phi) is 4.03. The third-order valence-corrected chi connectivity index (χ3v) is 3.76. The van der Waals surface area contributed by atoms with Crippen molar-refractivity contribution >= 4 is 17.7 Å². The number of nitrogens with one attached hydrogen (secondary N) is 1. The van der Waals surface area contributed by atoms with E-state index in [0.29, 0.717) is 5.75 Å². The third-order valence-electron chi connectivity index (χ3n) is 2.49. The molecule has 0 saturated carbocycles. The smallest absolute Gasteiger partial charge is 0.387 e. The van der Waals surface area contributed by atoms with Crippen LogP contribution in [0.2, 0.25) is 0 Å². The van der Waals surface area contributed by atoms with Crippen molar-refractivity contribution in [1.29, 1.82) is 0 Å². The highest BCUT2D eigenvalue weighted by Gasteiger charge is 2.30. The number of aliphatic carboxylic acids is 1. The van der Waals surface area contributed by atoms with Gasteiger partial charge in [-0.15, -0.1) is 11.8 Å². The van der Waals surface area contributed by atoms with Crippen LogP contribution in [0.1, 0.15) is 10.9 Å². The molecule has 7 heteroatoms. The molecule has 1 aromatic rings. The van der Waals surface area contributed by atoms with E-state index in [1.54, 1.807) is 12.1 Å². The lowest BCUT2D eigenvalue weighted by Crippen LogP contribution is -2.33. The van der Waals surface area contributed by atoms with E-state index in [1.165, 1.54) is 23.9 Å². The molecule has 0 spiro atoms. The van der Waals surface area contributed by atoms with Crippen LogP contribution in [0.25, 0.3) is 0 Å². The average molecular weight is 275 g/mol. The van der Waals surface area contributed by atoms with Crippen LogP contribution in [0.3, 0.4) is 0 Å². The molecule has 0 radical (unpaired) electrons. The van der Waals surface area contributed by atoms with Crippen LogP contribution in [0, 0.1) is 0 Å². The summed E-state index contributed by atoms with van der Waals surface area (Å²) in [5, 5.41) is 11.7. The van der Waals surface area contributed by atoms with Crippen LogP contribution in [0.5, 0.6) is 5.75 Å². The van der Waals surface area contributed by atoms with Crippen molar-refractivity contribution < 1.29 is 23.4 Å². The molecule has 0 aromatic heterocycles. The highest BCUT2D eigenvalue weighted by molar-refractivity contribution is 7.99. The minimum absolute atomic E-state index is 0.0894. The summed E-state index contributed by atoms with van der Waals surface area (Å²) >= 11 is 1.47. The fourth-order valence-corrected chi connectivity index (χ4v) is 2.86. The zero-order chi connectivity index (χ0) is 13.1. The fraction of sp³-hybridized carbons (Fsp3) is 0.364. The summed E-state index contributed by atoms with van der Waals surface area (Å²) < 4.78 is 28.2. The van der Waals surface area contributed by atoms with Gasteiger partial charge in [-0.05, 0) is 17.7 Å². The summed E-state index contributed by atoms with van der Waals surface area (Å²) in [5.74, 6) is -0.316. The van der Waals surface area contributed by atoms with Crippen molar-refractivity contribution in [2.75, 3.05) is 5.75 Å². The maximum atomic E-state index is 12.0. The topological polar surface area (TPSA) is 58.6 Å². The highest BCUT2D eigenvalue weighted by atomic mass is 32.2. The first-order valence-corrected chi connectivity index (χ1v) is 6.26. The van der Waals surface area contributed by atoms with Gasteiger partial charge >= 0.3 is 12.6 Å². The Balaban J connectivity index is 2.00. The zero-order valence-corrected chi connectivity index (χ0v) is 9.99. The SMILES string of the molecule is O=C(O)C1CSC(c2ccc(OC(F)F)cc2)N1. The number of hydrogen-bond donors (Lipinski definition) is 2. The minimum atomic E-state index is -2.84. The van der Waals surface area contributed by atoms with Crippen molar-refractivity contribution in [1.82, 2.24) is 5.32 Å². The Morgan fingerprint density at radius 2 is 2.11 bits per heavy atom. The second kappa shape index (κ2) is 5.53. The van der Waals surface area contributed by atoms with Gasteiger partial charge in [0.15, 0.2) is 0 Å². The van der Waals surface area contributed by atoms with Gasteiger partial charge in [0.05, 0.1) is 5.37 Å². The van der Waals surface area contributed by atoms with Crippen molar-refractivity contribution in [3.63, 3.8) is 0 Å². The van der Waals surface area contributed by atoms with Gasteiger partial charge in [0.2, 0.25) is 0 Å². The molecule has 0 bridgehead atoms. The van der Waals surface area contributed by atoms with Crippen LogP contribution < -0.4 is 10.1 Å². The minimum Gasteiger partial charge on any atom is -0.480 e. The number of carboxylic acid groups (broad SMARTS) is 1. The van der Waals surface area contributed by atoms with E-state index in [1.807, 2.05) is 0 Å². The van der Waals surface area contributed by atoms with E-state index in [2.05, 4.69) is 10.1 Å². The molecule has 2 unspecified atom stereocenters. The normalized spacial score (nSPS) is 23.3. The summed E-state index contributed by atoms with van der Waals surface area (Å²) in [4.78, 5) is 10.8. The van der Waals surface area contributed by atoms with Crippen LogP contribution in [-0.2, 0) is 4.79 Å². The average Bonchev–Trinajstić information content (AvgIpc) is 2.78. The van der Waals surface area contributed by atoms with Gasteiger partial charge in [0, 0.05) is 5.75 Å². The van der Waals surface area contributed by atoms with Crippen molar-refractivity contribution in [3.8, 4) is 5.75 Å². The number of ether oxygens (including phenoxy) is 1. The number of benzene rings is 1. The van der Waals surface area contributed by atoms with Crippen LogP contribution in [0.4, 0.5) is 8.78 Å². The molecular formula is C11H11F2NO3S. The second-order valence-electron chi connectivity index (χ2n) is 3.72. The number of carboxylic acids is 1. The Bertz CT molecular complexity index is 427. The maximum absolute atomic E-state index is 12.0. The van der Waals surface area contributed by atoms with E-state index < -0.39 is 18.6 Å². The zero-order valence-electron chi connectivity index (χ0n) is 9.18. The van der Waals surface area contributed by atoms with E-state index in [4.69, 9.17) is 5.11 Å². The highest BCUT2D eigenvalue weighted by Crippen LogP contribution is 2.33. The molecule has 1 aromatic carbocycles. The Labute approximate surface area is 106 Å². The first kappa shape index (κ1) is 13.1. The summed E-state index contributed by atoms with van der Waals surface area (Å²) in [6.45, 7) is -2.84. The van der Waals surface area contributed by atoms with Gasteiger partial charge < -0.3 is 9.84 Å².